The molecule has 4 rings (SSSR count). The second kappa shape index (κ2) is 7.68. The first-order valence-corrected chi connectivity index (χ1v) is 7.86. The van der Waals surface area contributed by atoms with Crippen molar-refractivity contribution in [2.24, 2.45) is 0 Å². The van der Waals surface area contributed by atoms with Gasteiger partial charge >= 0.3 is 29.6 Å². The number of benzene rings is 1. The van der Waals surface area contributed by atoms with Crippen molar-refractivity contribution in [2.45, 2.75) is 30.6 Å². The minimum absolute atomic E-state index is 0. The van der Waals surface area contributed by atoms with Crippen LogP contribution in [0.5, 0.6) is 5.75 Å². The van der Waals surface area contributed by atoms with E-state index in [1.54, 1.807) is 0 Å². The summed E-state index contributed by atoms with van der Waals surface area (Å²) in [6, 6.07) is 5.77. The zero-order valence-corrected chi connectivity index (χ0v) is 16.3. The van der Waals surface area contributed by atoms with Gasteiger partial charge in [0.1, 0.15) is 30.2 Å². The smallest absolute Gasteiger partial charge is 1.00 e. The number of rotatable bonds is 3. The van der Waals surface area contributed by atoms with E-state index in [0.717, 1.165) is 0 Å². The first-order valence-electron chi connectivity index (χ1n) is 7.86. The van der Waals surface area contributed by atoms with Gasteiger partial charge in [0.25, 0.3) is 5.56 Å². The van der Waals surface area contributed by atoms with Crippen LogP contribution in [0.1, 0.15) is 19.3 Å². The van der Waals surface area contributed by atoms with Gasteiger partial charge in [0, 0.05) is 0 Å². The third kappa shape index (κ3) is 3.41. The van der Waals surface area contributed by atoms with Gasteiger partial charge in [-0.15, -0.1) is 0 Å². The molecular weight excluding hydrogens is 367 g/mol. The van der Waals surface area contributed by atoms with Crippen molar-refractivity contribution in [1.29, 1.82) is 0 Å². The largest absolute Gasteiger partial charge is 1.00 e. The third-order valence-electron chi connectivity index (χ3n) is 4.46. The maximum Gasteiger partial charge on any atom is 1.00 e. The summed E-state index contributed by atoms with van der Waals surface area (Å²) >= 11 is 0. The van der Waals surface area contributed by atoms with Crippen LogP contribution >= 0.6 is 0 Å². The number of aromatic amines is 1. The van der Waals surface area contributed by atoms with Gasteiger partial charge in [-0.2, -0.15) is 0 Å². The molecule has 5 N–H and O–H groups in total. The number of imidazole rings is 1. The van der Waals surface area contributed by atoms with Crippen LogP contribution in [0.2, 0.25) is 0 Å². The molecule has 1 fully saturated rings. The standard InChI is InChI=1S/C16H16N4O6.Na.H/c21-8-3-1-7(2-4-8)10(22)13-11(23)12(24)16(26-13)20-6-19-9-14(20)17-5-18-15(9)25;;/h1-6,10-13,16,21-24H,(H,17,18,25);;/q;+1;-1/t10-,11+,12-,13-,16-;;/m1../s1. The van der Waals surface area contributed by atoms with E-state index in [4.69, 9.17) is 4.74 Å². The van der Waals surface area contributed by atoms with Gasteiger partial charge in [-0.1, -0.05) is 12.1 Å². The number of phenols is 1. The number of aliphatic hydroxyl groups excluding tert-OH is 3. The van der Waals surface area contributed by atoms with Crippen LogP contribution in [0.3, 0.4) is 0 Å². The third-order valence-corrected chi connectivity index (χ3v) is 4.46. The molecule has 3 heterocycles. The van der Waals surface area contributed by atoms with Crippen molar-refractivity contribution in [3.63, 3.8) is 0 Å². The molecule has 0 saturated carbocycles. The van der Waals surface area contributed by atoms with Crippen molar-refractivity contribution in [3.05, 3.63) is 52.8 Å². The molecule has 0 radical (unpaired) electrons. The van der Waals surface area contributed by atoms with Crippen molar-refractivity contribution < 1.29 is 56.1 Å². The minimum atomic E-state index is -1.39. The fraction of sp³-hybridized carbons (Fsp3) is 0.312. The van der Waals surface area contributed by atoms with E-state index >= 15 is 0 Å². The van der Waals surface area contributed by atoms with E-state index in [2.05, 4.69) is 15.0 Å². The normalized spacial score (nSPS) is 26.0. The van der Waals surface area contributed by atoms with Gasteiger partial charge in [0.15, 0.2) is 17.4 Å². The molecule has 0 spiro atoms. The molecule has 3 aromatic rings. The quantitative estimate of drug-likeness (QED) is 0.289. The summed E-state index contributed by atoms with van der Waals surface area (Å²) in [5, 5.41) is 40.6. The Morgan fingerprint density at radius 3 is 2.59 bits per heavy atom. The monoisotopic (exact) mass is 384 g/mol. The number of aromatic hydroxyl groups is 1. The molecular formula is C16H17N4NaO6. The van der Waals surface area contributed by atoms with Gasteiger partial charge in [-0.25, -0.2) is 9.97 Å². The number of aliphatic hydroxyl groups is 3. The Labute approximate surface area is 175 Å². The Kier molecular flexibility index (Phi) is 5.68. The van der Waals surface area contributed by atoms with Crippen LogP contribution in [-0.2, 0) is 4.74 Å². The summed E-state index contributed by atoms with van der Waals surface area (Å²) in [5.41, 5.74) is 0.220. The van der Waals surface area contributed by atoms with E-state index in [1.807, 2.05) is 0 Å². The van der Waals surface area contributed by atoms with Crippen LogP contribution in [0.15, 0.2) is 41.7 Å². The summed E-state index contributed by atoms with van der Waals surface area (Å²) in [6.45, 7) is 0. The van der Waals surface area contributed by atoms with Crippen LogP contribution in [0, 0.1) is 0 Å². The van der Waals surface area contributed by atoms with Crippen LogP contribution in [0.25, 0.3) is 11.2 Å². The van der Waals surface area contributed by atoms with E-state index in [0.29, 0.717) is 5.56 Å². The summed E-state index contributed by atoms with van der Waals surface area (Å²) < 4.78 is 7.02. The average Bonchev–Trinajstić information content (AvgIpc) is 3.18. The van der Waals surface area contributed by atoms with E-state index in [1.165, 1.54) is 41.5 Å². The molecule has 1 aromatic carbocycles. The van der Waals surface area contributed by atoms with E-state index in [9.17, 15) is 25.2 Å². The molecule has 0 amide bonds. The number of fused-ring (bicyclic) bond motifs is 1. The number of aromatic nitrogens is 4. The molecule has 2 aromatic heterocycles. The first-order chi connectivity index (χ1) is 12.5. The van der Waals surface area contributed by atoms with Gasteiger partial charge in [0.2, 0.25) is 0 Å². The molecule has 138 valence electrons. The Bertz CT molecular complexity index is 997. The van der Waals surface area contributed by atoms with Gasteiger partial charge < -0.3 is 31.6 Å². The number of phenolic OH excluding ortho intramolecular Hbond substituents is 1. The van der Waals surface area contributed by atoms with Crippen LogP contribution in [-0.4, -0.2) is 58.3 Å². The fourth-order valence-corrected chi connectivity index (χ4v) is 3.09. The second-order valence-electron chi connectivity index (χ2n) is 6.06. The Balaban J connectivity index is 0.00000140. The fourth-order valence-electron chi connectivity index (χ4n) is 3.09. The molecule has 11 heteroatoms. The predicted octanol–water partition coefficient (Wildman–Crippen LogP) is -3.71. The number of hydrogen-bond donors (Lipinski definition) is 5. The molecule has 5 atom stereocenters. The van der Waals surface area contributed by atoms with Crippen molar-refractivity contribution >= 4 is 11.2 Å². The molecule has 1 saturated heterocycles. The molecule has 1 aliphatic rings. The number of ether oxygens (including phenoxy) is 1. The average molecular weight is 384 g/mol. The molecule has 0 aliphatic carbocycles. The van der Waals surface area contributed by atoms with E-state index < -0.39 is 36.2 Å². The summed E-state index contributed by atoms with van der Waals surface area (Å²) in [4.78, 5) is 22.1. The summed E-state index contributed by atoms with van der Waals surface area (Å²) in [5.74, 6) is 0.0351. The predicted molar refractivity (Wildman–Crippen MR) is 88.3 cm³/mol. The molecule has 27 heavy (non-hydrogen) atoms. The maximum absolute atomic E-state index is 11.8. The zero-order valence-electron chi connectivity index (χ0n) is 15.3. The number of H-pyrrole nitrogens is 1. The molecule has 1 aliphatic heterocycles. The van der Waals surface area contributed by atoms with Gasteiger partial charge in [-0.05, 0) is 17.7 Å². The number of nitrogens with one attached hydrogen (secondary N) is 1. The maximum atomic E-state index is 11.8. The summed E-state index contributed by atoms with van der Waals surface area (Å²) in [7, 11) is 0. The Hall–Kier alpha value is -1.79. The molecule has 0 bridgehead atoms. The van der Waals surface area contributed by atoms with Gasteiger partial charge in [0.05, 0.1) is 12.7 Å². The summed E-state index contributed by atoms with van der Waals surface area (Å²) in [6.07, 6.45) is -3.73. The van der Waals surface area contributed by atoms with Crippen LogP contribution in [0.4, 0.5) is 0 Å². The van der Waals surface area contributed by atoms with Crippen molar-refractivity contribution in [2.75, 3.05) is 0 Å². The minimum Gasteiger partial charge on any atom is -1.00 e. The van der Waals surface area contributed by atoms with Gasteiger partial charge in [-0.3, -0.25) is 9.36 Å². The van der Waals surface area contributed by atoms with E-state index in [-0.39, 0.29) is 47.9 Å². The SMILES string of the molecule is O=c1[nH]cnc2c1ncn2[C@@H]1O[C@H]([C@H](O)c2ccc(O)cc2)[C@@H](O)[C@H]1O.[H-].[Na+]. The number of hydrogen-bond acceptors (Lipinski definition) is 8. The Morgan fingerprint density at radius 2 is 1.89 bits per heavy atom. The van der Waals surface area contributed by atoms with Crippen molar-refractivity contribution in [1.82, 2.24) is 19.5 Å². The van der Waals surface area contributed by atoms with Crippen molar-refractivity contribution in [3.8, 4) is 5.75 Å². The zero-order chi connectivity index (χ0) is 18.4. The Morgan fingerprint density at radius 1 is 1.19 bits per heavy atom. The topological polar surface area (TPSA) is 154 Å². The molecule has 10 nitrogen and oxygen atoms in total. The molecule has 0 unspecified atom stereocenters. The number of nitrogens with zero attached hydrogens (tertiary/aromatic N) is 3. The first kappa shape index (κ1) is 20.0. The second-order valence-corrected chi connectivity index (χ2v) is 6.06. The van der Waals surface area contributed by atoms with Crippen LogP contribution < -0.4 is 35.1 Å².